The highest BCUT2D eigenvalue weighted by Crippen LogP contribution is 2.26. The van der Waals surface area contributed by atoms with E-state index in [2.05, 4.69) is 4.74 Å². The van der Waals surface area contributed by atoms with E-state index < -0.39 is 21.3 Å². The van der Waals surface area contributed by atoms with E-state index in [1.807, 2.05) is 0 Å². The predicted octanol–water partition coefficient (Wildman–Crippen LogP) is 0.508. The highest BCUT2D eigenvalue weighted by Gasteiger charge is 2.48. The number of epoxide rings is 1. The lowest BCUT2D eigenvalue weighted by Crippen LogP contribution is -2.40. The summed E-state index contributed by atoms with van der Waals surface area (Å²) in [6.45, 7) is 0.796. The quantitative estimate of drug-likeness (QED) is 0.325. The molecular weight excluding hydrogens is 314 g/mol. The van der Waals surface area contributed by atoms with E-state index in [1.54, 1.807) is 0 Å². The molecule has 1 aromatic carbocycles. The summed E-state index contributed by atoms with van der Waals surface area (Å²) >= 11 is 0. The van der Waals surface area contributed by atoms with Crippen LogP contribution in [0.4, 0.5) is 8.78 Å². The molecule has 116 valence electrons. The molecule has 0 spiro atoms. The minimum atomic E-state index is -6.15. The summed E-state index contributed by atoms with van der Waals surface area (Å²) < 4.78 is 71.1. The van der Waals surface area contributed by atoms with Crippen LogP contribution in [0.3, 0.4) is 0 Å². The summed E-state index contributed by atoms with van der Waals surface area (Å²) in [5, 5.41) is -5.16. The van der Waals surface area contributed by atoms with Crippen LogP contribution in [-0.2, 0) is 19.6 Å². The number of hydrogen-bond acceptors (Lipinski definition) is 7. The maximum absolute atomic E-state index is 12.9. The van der Waals surface area contributed by atoms with Crippen LogP contribution in [-0.4, -0.2) is 43.5 Å². The van der Waals surface area contributed by atoms with Crippen molar-refractivity contribution in [2.45, 2.75) is 11.4 Å². The molecule has 0 aliphatic carbocycles. The van der Waals surface area contributed by atoms with E-state index in [4.69, 9.17) is 9.47 Å². The first-order valence-electron chi connectivity index (χ1n) is 5.60. The largest absolute Gasteiger partial charge is 0.743 e. The second kappa shape index (κ2) is 5.54. The van der Waals surface area contributed by atoms with Crippen LogP contribution < -0.4 is 9.47 Å². The maximum Gasteiger partial charge on any atom is 0.429 e. The first-order valence-corrected chi connectivity index (χ1v) is 7.01. The van der Waals surface area contributed by atoms with Crippen LogP contribution in [0.15, 0.2) is 24.3 Å². The highest BCUT2D eigenvalue weighted by atomic mass is 32.2. The lowest BCUT2D eigenvalue weighted by atomic mass is 10.3. The first kappa shape index (κ1) is 15.6. The van der Waals surface area contributed by atoms with Crippen molar-refractivity contribution >= 4 is 16.1 Å². The smallest absolute Gasteiger partial charge is 0.429 e. The third-order valence-corrected chi connectivity index (χ3v) is 3.20. The number of carbonyl (C=O) groups excluding carboxylic acids is 1. The molecule has 1 unspecified atom stereocenters. The topological polar surface area (TPSA) is 105 Å². The van der Waals surface area contributed by atoms with Crippen molar-refractivity contribution in [1.82, 2.24) is 0 Å². The molecule has 0 bridgehead atoms. The average molecular weight is 323 g/mol. The van der Waals surface area contributed by atoms with Crippen molar-refractivity contribution in [3.05, 3.63) is 24.3 Å². The Labute approximate surface area is 118 Å². The molecule has 2 rings (SSSR count). The van der Waals surface area contributed by atoms with Gasteiger partial charge in [-0.3, -0.25) is 0 Å². The zero-order valence-electron chi connectivity index (χ0n) is 10.3. The molecule has 1 aromatic rings. The molecule has 0 radical (unpaired) electrons. The Kier molecular flexibility index (Phi) is 4.12. The van der Waals surface area contributed by atoms with Crippen LogP contribution in [0.2, 0.25) is 0 Å². The number of alkyl halides is 2. The normalized spacial score (nSPS) is 18.1. The predicted molar refractivity (Wildman–Crippen MR) is 62.0 cm³/mol. The number of ether oxygens (including phenoxy) is 3. The van der Waals surface area contributed by atoms with E-state index in [1.165, 1.54) is 12.1 Å². The molecule has 21 heavy (non-hydrogen) atoms. The number of halogens is 2. The molecule has 1 aliphatic rings. The summed E-state index contributed by atoms with van der Waals surface area (Å²) in [4.78, 5) is 11.1. The van der Waals surface area contributed by atoms with Gasteiger partial charge >= 0.3 is 11.2 Å². The number of benzene rings is 1. The molecule has 1 saturated heterocycles. The maximum atomic E-state index is 12.9. The van der Waals surface area contributed by atoms with Gasteiger partial charge in [-0.15, -0.1) is 0 Å². The standard InChI is InChI=1S/C11H10F2O7S/c12-11(13,21(15,16)17)10(14)20-8-3-1-2-7(4-8)18-5-9-6-19-9/h1-4,9H,5-6H2,(H,15,16,17)/p-1. The van der Waals surface area contributed by atoms with Gasteiger partial charge in [-0.25, -0.2) is 13.2 Å². The van der Waals surface area contributed by atoms with E-state index in [-0.39, 0.29) is 24.2 Å². The Hall–Kier alpha value is -1.78. The zero-order valence-corrected chi connectivity index (χ0v) is 11.1. The van der Waals surface area contributed by atoms with Gasteiger partial charge in [-0.05, 0) is 12.1 Å². The van der Waals surface area contributed by atoms with Crippen molar-refractivity contribution in [3.8, 4) is 11.5 Å². The van der Waals surface area contributed by atoms with Crippen LogP contribution in [0.25, 0.3) is 0 Å². The molecule has 1 fully saturated rings. The third-order valence-electron chi connectivity index (χ3n) is 2.41. The Morgan fingerprint density at radius 3 is 2.62 bits per heavy atom. The molecule has 1 heterocycles. The van der Waals surface area contributed by atoms with Gasteiger partial charge in [0.05, 0.1) is 6.61 Å². The van der Waals surface area contributed by atoms with Crippen LogP contribution >= 0.6 is 0 Å². The van der Waals surface area contributed by atoms with Gasteiger partial charge in [0.15, 0.2) is 10.1 Å². The number of hydrogen-bond donors (Lipinski definition) is 0. The third kappa shape index (κ3) is 3.86. The molecule has 7 nitrogen and oxygen atoms in total. The molecular formula is C11H9F2O7S-. The zero-order chi connectivity index (χ0) is 15.7. The van der Waals surface area contributed by atoms with Gasteiger partial charge in [0.1, 0.15) is 24.2 Å². The fourth-order valence-corrected chi connectivity index (χ4v) is 1.50. The summed E-state index contributed by atoms with van der Waals surface area (Å²) in [6, 6.07) is 5.05. The van der Waals surface area contributed by atoms with Crippen molar-refractivity contribution in [3.63, 3.8) is 0 Å². The Morgan fingerprint density at radius 2 is 2.05 bits per heavy atom. The number of carbonyl (C=O) groups is 1. The highest BCUT2D eigenvalue weighted by molar-refractivity contribution is 7.87. The fourth-order valence-electron chi connectivity index (χ4n) is 1.25. The number of rotatable bonds is 6. The van der Waals surface area contributed by atoms with Gasteiger partial charge < -0.3 is 18.8 Å². The molecule has 0 aromatic heterocycles. The van der Waals surface area contributed by atoms with Crippen molar-refractivity contribution in [2.75, 3.05) is 13.2 Å². The molecule has 0 saturated carbocycles. The lowest BCUT2D eigenvalue weighted by Gasteiger charge is -2.18. The first-order chi connectivity index (χ1) is 9.70. The van der Waals surface area contributed by atoms with Gasteiger partial charge in [-0.2, -0.15) is 8.78 Å². The fraction of sp³-hybridized carbons (Fsp3) is 0.364. The minimum absolute atomic E-state index is 0.0360. The van der Waals surface area contributed by atoms with Crippen molar-refractivity contribution in [1.29, 1.82) is 0 Å². The monoisotopic (exact) mass is 323 g/mol. The molecule has 10 heteroatoms. The molecule has 1 atom stereocenters. The molecule has 0 N–H and O–H groups in total. The average Bonchev–Trinajstić information content (AvgIpc) is 3.19. The Morgan fingerprint density at radius 1 is 1.43 bits per heavy atom. The summed E-state index contributed by atoms with van der Waals surface area (Å²) in [5.74, 6) is -2.64. The summed E-state index contributed by atoms with van der Waals surface area (Å²) in [6.07, 6.45) is -0.0360. The number of esters is 1. The summed E-state index contributed by atoms with van der Waals surface area (Å²) in [7, 11) is -6.15. The van der Waals surface area contributed by atoms with Gasteiger partial charge in [0.2, 0.25) is 0 Å². The summed E-state index contributed by atoms with van der Waals surface area (Å²) in [5.41, 5.74) is 0. The van der Waals surface area contributed by atoms with E-state index in [0.717, 1.165) is 12.1 Å². The molecule has 1 aliphatic heterocycles. The van der Waals surface area contributed by atoms with Gasteiger partial charge in [0.25, 0.3) is 0 Å². The Balaban J connectivity index is 2.04. The van der Waals surface area contributed by atoms with Gasteiger partial charge in [-0.1, -0.05) is 6.07 Å². The van der Waals surface area contributed by atoms with Crippen LogP contribution in [0.1, 0.15) is 0 Å². The lowest BCUT2D eigenvalue weighted by molar-refractivity contribution is -0.151. The van der Waals surface area contributed by atoms with E-state index in [0.29, 0.717) is 6.61 Å². The van der Waals surface area contributed by atoms with Crippen LogP contribution in [0, 0.1) is 0 Å². The Bertz CT molecular complexity index is 640. The van der Waals surface area contributed by atoms with Crippen molar-refractivity contribution < 1.29 is 40.8 Å². The van der Waals surface area contributed by atoms with Crippen molar-refractivity contribution in [2.24, 2.45) is 0 Å². The second-order valence-electron chi connectivity index (χ2n) is 4.10. The van der Waals surface area contributed by atoms with E-state index in [9.17, 15) is 26.5 Å². The van der Waals surface area contributed by atoms with Gasteiger partial charge in [0, 0.05) is 6.07 Å². The van der Waals surface area contributed by atoms with Crippen LogP contribution in [0.5, 0.6) is 11.5 Å². The van der Waals surface area contributed by atoms with E-state index >= 15 is 0 Å². The SMILES string of the molecule is O=C(Oc1cccc(OCC2CO2)c1)C(F)(F)S(=O)(=O)[O-]. The minimum Gasteiger partial charge on any atom is -0.743 e. The molecule has 0 amide bonds. The second-order valence-corrected chi connectivity index (χ2v) is 5.52.